The van der Waals surface area contributed by atoms with E-state index in [4.69, 9.17) is 5.11 Å². The van der Waals surface area contributed by atoms with Crippen molar-refractivity contribution in [1.29, 1.82) is 0 Å². The summed E-state index contributed by atoms with van der Waals surface area (Å²) in [6.45, 7) is 2.05. The molecule has 0 atom stereocenters. The fourth-order valence-corrected chi connectivity index (χ4v) is 1.56. The number of hydrogen-bond donors (Lipinski definition) is 1. The van der Waals surface area contributed by atoms with Gasteiger partial charge in [0.05, 0.1) is 12.6 Å². The number of fused-ring (bicyclic) bond motifs is 1. The monoisotopic (exact) mass is 219 g/mol. The molecule has 0 amide bonds. The number of carbonyl (C=O) groups is 1. The van der Waals surface area contributed by atoms with Crippen LogP contribution < -0.4 is 0 Å². The third-order valence-electron chi connectivity index (χ3n) is 2.50. The number of nitrogens with zero attached hydrogens (tertiary/aromatic N) is 3. The molecule has 2 rings (SSSR count). The summed E-state index contributed by atoms with van der Waals surface area (Å²) in [4.78, 5) is 18.8. The van der Waals surface area contributed by atoms with Gasteiger partial charge in [0.1, 0.15) is 0 Å². The first kappa shape index (κ1) is 10.6. The molecular weight excluding hydrogens is 206 g/mol. The average Bonchev–Trinajstić information content (AvgIpc) is 2.68. The van der Waals surface area contributed by atoms with Gasteiger partial charge in [-0.15, -0.1) is 0 Å². The van der Waals surface area contributed by atoms with Crippen LogP contribution in [0.5, 0.6) is 0 Å². The van der Waals surface area contributed by atoms with Gasteiger partial charge < -0.3 is 5.11 Å². The van der Waals surface area contributed by atoms with Crippen molar-refractivity contribution in [3.63, 3.8) is 0 Å². The van der Waals surface area contributed by atoms with Crippen molar-refractivity contribution in [2.24, 2.45) is 0 Å². The van der Waals surface area contributed by atoms with Crippen LogP contribution in [0.4, 0.5) is 0 Å². The van der Waals surface area contributed by atoms with E-state index in [2.05, 4.69) is 16.9 Å². The van der Waals surface area contributed by atoms with Crippen LogP contribution >= 0.6 is 0 Å². The number of aryl methyl sites for hydroxylation is 2. The second-order valence-electron chi connectivity index (χ2n) is 3.63. The molecular formula is C11H13N3O2. The Bertz CT molecular complexity index is 519. The van der Waals surface area contributed by atoms with Gasteiger partial charge >= 0.3 is 5.97 Å². The van der Waals surface area contributed by atoms with E-state index < -0.39 is 5.97 Å². The Hall–Kier alpha value is -1.91. The van der Waals surface area contributed by atoms with Gasteiger partial charge in [0.25, 0.3) is 0 Å². The molecule has 84 valence electrons. The highest BCUT2D eigenvalue weighted by atomic mass is 16.4. The van der Waals surface area contributed by atoms with E-state index in [-0.39, 0.29) is 6.42 Å². The molecule has 0 unspecified atom stereocenters. The third kappa shape index (κ3) is 2.03. The van der Waals surface area contributed by atoms with Crippen molar-refractivity contribution in [2.75, 3.05) is 0 Å². The Labute approximate surface area is 92.8 Å². The molecule has 0 radical (unpaired) electrons. The molecule has 2 heterocycles. The molecule has 0 aliphatic heterocycles. The molecule has 0 bridgehead atoms. The number of carboxylic acid groups (broad SMARTS) is 1. The van der Waals surface area contributed by atoms with E-state index in [9.17, 15) is 4.79 Å². The zero-order chi connectivity index (χ0) is 11.5. The Morgan fingerprint density at radius 1 is 1.44 bits per heavy atom. The number of carboxylic acids is 1. The molecule has 0 aliphatic carbocycles. The smallest absolute Gasteiger partial charge is 0.303 e. The number of imidazole rings is 1. The first-order chi connectivity index (χ1) is 7.70. The van der Waals surface area contributed by atoms with Gasteiger partial charge in [0.2, 0.25) is 5.78 Å². The molecule has 2 aromatic heterocycles. The number of aliphatic carboxylic acids is 1. The van der Waals surface area contributed by atoms with Crippen LogP contribution in [0, 0.1) is 0 Å². The van der Waals surface area contributed by atoms with Crippen molar-refractivity contribution in [1.82, 2.24) is 14.4 Å². The Kier molecular flexibility index (Phi) is 2.85. The van der Waals surface area contributed by atoms with Gasteiger partial charge in [-0.1, -0.05) is 6.92 Å². The SMILES string of the molecule is CCc1cnc2ncc(CCC(=O)O)n2c1. The highest BCUT2D eigenvalue weighted by molar-refractivity contribution is 5.67. The highest BCUT2D eigenvalue weighted by Crippen LogP contribution is 2.08. The van der Waals surface area contributed by atoms with Gasteiger partial charge in [-0.3, -0.25) is 9.20 Å². The first-order valence-corrected chi connectivity index (χ1v) is 5.23. The molecule has 2 aromatic rings. The second-order valence-corrected chi connectivity index (χ2v) is 3.63. The largest absolute Gasteiger partial charge is 0.481 e. The summed E-state index contributed by atoms with van der Waals surface area (Å²) in [5.41, 5.74) is 2.00. The van der Waals surface area contributed by atoms with Crippen molar-refractivity contribution in [2.45, 2.75) is 26.2 Å². The Morgan fingerprint density at radius 3 is 2.88 bits per heavy atom. The lowest BCUT2D eigenvalue weighted by Gasteiger charge is -2.01. The second kappa shape index (κ2) is 4.30. The van der Waals surface area contributed by atoms with Crippen LogP contribution in [0.2, 0.25) is 0 Å². The minimum absolute atomic E-state index is 0.115. The van der Waals surface area contributed by atoms with Crippen molar-refractivity contribution in [3.8, 4) is 0 Å². The maximum atomic E-state index is 10.5. The van der Waals surface area contributed by atoms with Crippen LogP contribution in [0.15, 0.2) is 18.6 Å². The lowest BCUT2D eigenvalue weighted by atomic mass is 10.2. The quantitative estimate of drug-likeness (QED) is 0.841. The standard InChI is InChI=1S/C11H13N3O2/c1-2-8-5-12-11-13-6-9(14(11)7-8)3-4-10(15)16/h5-7H,2-4H2,1H3,(H,15,16). The summed E-state index contributed by atoms with van der Waals surface area (Å²) in [6.07, 6.45) is 6.94. The molecule has 0 fully saturated rings. The lowest BCUT2D eigenvalue weighted by molar-refractivity contribution is -0.136. The molecule has 0 spiro atoms. The summed E-state index contributed by atoms with van der Waals surface area (Å²) in [6, 6.07) is 0. The summed E-state index contributed by atoms with van der Waals surface area (Å²) < 4.78 is 1.86. The van der Waals surface area contributed by atoms with Crippen LogP contribution in [0.1, 0.15) is 24.6 Å². The topological polar surface area (TPSA) is 67.5 Å². The minimum atomic E-state index is -0.797. The molecule has 0 saturated carbocycles. The van der Waals surface area contributed by atoms with E-state index in [1.807, 2.05) is 10.6 Å². The van der Waals surface area contributed by atoms with E-state index in [0.29, 0.717) is 12.2 Å². The van der Waals surface area contributed by atoms with Gasteiger partial charge in [-0.05, 0) is 12.0 Å². The Morgan fingerprint density at radius 2 is 2.19 bits per heavy atom. The van der Waals surface area contributed by atoms with Crippen LogP contribution in [-0.4, -0.2) is 25.4 Å². The maximum absolute atomic E-state index is 10.5. The zero-order valence-electron chi connectivity index (χ0n) is 9.05. The predicted molar refractivity (Wildman–Crippen MR) is 58.3 cm³/mol. The van der Waals surface area contributed by atoms with Gasteiger partial charge in [-0.2, -0.15) is 0 Å². The highest BCUT2D eigenvalue weighted by Gasteiger charge is 2.06. The van der Waals surface area contributed by atoms with Crippen molar-refractivity contribution in [3.05, 3.63) is 29.8 Å². The van der Waals surface area contributed by atoms with E-state index in [1.54, 1.807) is 12.4 Å². The molecule has 0 aliphatic rings. The molecule has 5 heteroatoms. The zero-order valence-corrected chi connectivity index (χ0v) is 9.05. The molecule has 0 aromatic carbocycles. The van der Waals surface area contributed by atoms with Crippen molar-refractivity contribution < 1.29 is 9.90 Å². The maximum Gasteiger partial charge on any atom is 0.303 e. The summed E-state index contributed by atoms with van der Waals surface area (Å²) >= 11 is 0. The van der Waals surface area contributed by atoms with Gasteiger partial charge in [0, 0.05) is 24.5 Å². The predicted octanol–water partition coefficient (Wildman–Crippen LogP) is 1.31. The van der Waals surface area contributed by atoms with E-state index in [1.165, 1.54) is 0 Å². The number of aromatic nitrogens is 3. The van der Waals surface area contributed by atoms with Gasteiger partial charge in [-0.25, -0.2) is 9.97 Å². The number of rotatable bonds is 4. The third-order valence-corrected chi connectivity index (χ3v) is 2.50. The van der Waals surface area contributed by atoms with Crippen LogP contribution in [0.3, 0.4) is 0 Å². The van der Waals surface area contributed by atoms with E-state index >= 15 is 0 Å². The first-order valence-electron chi connectivity index (χ1n) is 5.23. The van der Waals surface area contributed by atoms with Gasteiger partial charge in [0.15, 0.2) is 0 Å². The van der Waals surface area contributed by atoms with E-state index in [0.717, 1.165) is 17.7 Å². The number of hydrogen-bond acceptors (Lipinski definition) is 3. The van der Waals surface area contributed by atoms with Crippen LogP contribution in [0.25, 0.3) is 5.78 Å². The van der Waals surface area contributed by atoms with Crippen LogP contribution in [-0.2, 0) is 17.6 Å². The summed E-state index contributed by atoms with van der Waals surface area (Å²) in [5.74, 6) is -0.174. The molecule has 1 N–H and O–H groups in total. The fraction of sp³-hybridized carbons (Fsp3) is 0.364. The lowest BCUT2D eigenvalue weighted by Crippen LogP contribution is -2.01. The molecule has 0 saturated heterocycles. The summed E-state index contributed by atoms with van der Waals surface area (Å²) in [5, 5.41) is 8.64. The minimum Gasteiger partial charge on any atom is -0.481 e. The Balaban J connectivity index is 2.34. The summed E-state index contributed by atoms with van der Waals surface area (Å²) in [7, 11) is 0. The molecule has 16 heavy (non-hydrogen) atoms. The average molecular weight is 219 g/mol. The fourth-order valence-electron chi connectivity index (χ4n) is 1.56. The normalized spacial score (nSPS) is 10.8. The van der Waals surface area contributed by atoms with Crippen molar-refractivity contribution >= 4 is 11.7 Å². The molecule has 5 nitrogen and oxygen atoms in total.